The van der Waals surface area contributed by atoms with Crippen LogP contribution in [0.2, 0.25) is 5.02 Å². The summed E-state index contributed by atoms with van der Waals surface area (Å²) in [7, 11) is 0. The summed E-state index contributed by atoms with van der Waals surface area (Å²) in [6.45, 7) is 1.08. The monoisotopic (exact) mass is 386 g/mol. The van der Waals surface area contributed by atoms with E-state index in [9.17, 15) is 14.0 Å². The van der Waals surface area contributed by atoms with E-state index in [-0.39, 0.29) is 23.2 Å². The first-order chi connectivity index (χ1) is 12.0. The lowest BCUT2D eigenvalue weighted by molar-refractivity contribution is -0.113. The molecule has 1 atom stereocenters. The molecule has 0 bridgehead atoms. The summed E-state index contributed by atoms with van der Waals surface area (Å²) in [5, 5.41) is 9.46. The SMILES string of the molecule is O=C(CSc1n[nH]c(=O)n1C[C@H]1CCCO1)Nc1cc(Cl)ccc1F. The minimum absolute atomic E-state index is 0.0110. The van der Waals surface area contributed by atoms with Gasteiger partial charge in [-0.2, -0.15) is 0 Å². The van der Waals surface area contributed by atoms with Crippen LogP contribution in [0.15, 0.2) is 28.2 Å². The highest BCUT2D eigenvalue weighted by Gasteiger charge is 2.20. The minimum Gasteiger partial charge on any atom is -0.376 e. The number of benzene rings is 1. The molecule has 1 saturated heterocycles. The third-order valence-corrected chi connectivity index (χ3v) is 4.88. The van der Waals surface area contributed by atoms with Gasteiger partial charge in [0.05, 0.1) is 24.1 Å². The molecule has 0 radical (unpaired) electrons. The molecule has 7 nitrogen and oxygen atoms in total. The number of hydrogen-bond donors (Lipinski definition) is 2. The van der Waals surface area contributed by atoms with Crippen molar-refractivity contribution in [1.82, 2.24) is 14.8 Å². The lowest BCUT2D eigenvalue weighted by atomic mass is 10.2. The Hall–Kier alpha value is -1.84. The van der Waals surface area contributed by atoms with Gasteiger partial charge in [0.25, 0.3) is 0 Å². The number of carbonyl (C=O) groups is 1. The molecule has 2 N–H and O–H groups in total. The molecule has 1 aromatic heterocycles. The Kier molecular flexibility index (Phi) is 5.77. The number of halogens is 2. The lowest BCUT2D eigenvalue weighted by Crippen LogP contribution is -2.25. The lowest BCUT2D eigenvalue weighted by Gasteiger charge is -2.11. The number of amides is 1. The highest BCUT2D eigenvalue weighted by atomic mass is 35.5. The summed E-state index contributed by atoms with van der Waals surface area (Å²) >= 11 is 6.88. The summed E-state index contributed by atoms with van der Waals surface area (Å²) in [6, 6.07) is 3.91. The van der Waals surface area contributed by atoms with E-state index < -0.39 is 11.7 Å². The zero-order valence-electron chi connectivity index (χ0n) is 13.1. The van der Waals surface area contributed by atoms with Crippen LogP contribution in [0.1, 0.15) is 12.8 Å². The van der Waals surface area contributed by atoms with E-state index in [2.05, 4.69) is 15.5 Å². The molecule has 0 saturated carbocycles. The number of ether oxygens (including phenoxy) is 1. The Balaban J connectivity index is 1.60. The Labute approximate surface area is 151 Å². The number of aromatic amines is 1. The minimum atomic E-state index is -0.571. The van der Waals surface area contributed by atoms with Crippen LogP contribution in [-0.4, -0.2) is 39.1 Å². The van der Waals surface area contributed by atoms with E-state index >= 15 is 0 Å². The molecular formula is C15H16ClFN4O3S. The van der Waals surface area contributed by atoms with E-state index in [1.807, 2.05) is 0 Å². The second-order valence-corrected chi connectivity index (χ2v) is 6.90. The third-order valence-electron chi connectivity index (χ3n) is 3.67. The number of aromatic nitrogens is 3. The Morgan fingerprint density at radius 2 is 2.40 bits per heavy atom. The van der Waals surface area contributed by atoms with Gasteiger partial charge < -0.3 is 10.1 Å². The molecule has 0 spiro atoms. The van der Waals surface area contributed by atoms with Crippen molar-refractivity contribution in [2.75, 3.05) is 17.7 Å². The van der Waals surface area contributed by atoms with Gasteiger partial charge >= 0.3 is 5.69 Å². The Morgan fingerprint density at radius 3 is 3.16 bits per heavy atom. The van der Waals surface area contributed by atoms with Crippen molar-refractivity contribution in [2.45, 2.75) is 30.6 Å². The van der Waals surface area contributed by atoms with E-state index in [0.29, 0.717) is 23.3 Å². The Morgan fingerprint density at radius 1 is 1.56 bits per heavy atom. The molecule has 1 aliphatic heterocycles. The smallest absolute Gasteiger partial charge is 0.344 e. The molecule has 3 rings (SSSR count). The first-order valence-corrected chi connectivity index (χ1v) is 9.04. The number of nitrogens with zero attached hydrogens (tertiary/aromatic N) is 2. The molecule has 0 unspecified atom stereocenters. The van der Waals surface area contributed by atoms with Crippen LogP contribution in [0.25, 0.3) is 0 Å². The van der Waals surface area contributed by atoms with Gasteiger partial charge in [-0.05, 0) is 31.0 Å². The van der Waals surface area contributed by atoms with Crippen molar-refractivity contribution < 1.29 is 13.9 Å². The normalized spacial score (nSPS) is 17.0. The average Bonchev–Trinajstić information content (AvgIpc) is 3.21. The molecule has 1 fully saturated rings. The summed E-state index contributed by atoms with van der Waals surface area (Å²) in [5.41, 5.74) is -0.337. The molecule has 134 valence electrons. The quantitative estimate of drug-likeness (QED) is 0.743. The van der Waals surface area contributed by atoms with Gasteiger partial charge in [0, 0.05) is 11.6 Å². The second kappa shape index (κ2) is 8.03. The second-order valence-electron chi connectivity index (χ2n) is 5.52. The van der Waals surface area contributed by atoms with Gasteiger partial charge in [0.2, 0.25) is 5.91 Å². The van der Waals surface area contributed by atoms with Gasteiger partial charge in [0.15, 0.2) is 5.16 Å². The first-order valence-electron chi connectivity index (χ1n) is 7.67. The van der Waals surface area contributed by atoms with E-state index in [4.69, 9.17) is 16.3 Å². The zero-order chi connectivity index (χ0) is 17.8. The summed E-state index contributed by atoms with van der Waals surface area (Å²) in [4.78, 5) is 23.9. The van der Waals surface area contributed by atoms with Crippen LogP contribution in [-0.2, 0) is 16.1 Å². The van der Waals surface area contributed by atoms with Gasteiger partial charge in [-0.3, -0.25) is 9.36 Å². The third kappa shape index (κ3) is 4.62. The maximum Gasteiger partial charge on any atom is 0.344 e. The number of nitrogens with one attached hydrogen (secondary N) is 2. The molecule has 2 aromatic rings. The fourth-order valence-corrected chi connectivity index (χ4v) is 3.40. The molecule has 25 heavy (non-hydrogen) atoms. The predicted octanol–water partition coefficient (Wildman–Crippen LogP) is 2.27. The maximum absolute atomic E-state index is 13.6. The number of rotatable bonds is 6. The number of anilines is 1. The van der Waals surface area contributed by atoms with E-state index in [1.54, 1.807) is 0 Å². The van der Waals surface area contributed by atoms with Crippen molar-refractivity contribution in [1.29, 1.82) is 0 Å². The number of H-pyrrole nitrogens is 1. The highest BCUT2D eigenvalue weighted by molar-refractivity contribution is 7.99. The predicted molar refractivity (Wildman–Crippen MR) is 92.6 cm³/mol. The van der Waals surface area contributed by atoms with Crippen molar-refractivity contribution in [3.63, 3.8) is 0 Å². The van der Waals surface area contributed by atoms with Crippen LogP contribution in [0.3, 0.4) is 0 Å². The van der Waals surface area contributed by atoms with Crippen LogP contribution in [0.5, 0.6) is 0 Å². The number of hydrogen-bond acceptors (Lipinski definition) is 5. The van der Waals surface area contributed by atoms with Crippen LogP contribution >= 0.6 is 23.4 Å². The van der Waals surface area contributed by atoms with Gasteiger partial charge in [-0.1, -0.05) is 23.4 Å². The van der Waals surface area contributed by atoms with Gasteiger partial charge in [-0.15, -0.1) is 5.10 Å². The zero-order valence-corrected chi connectivity index (χ0v) is 14.7. The first kappa shape index (κ1) is 18.0. The van der Waals surface area contributed by atoms with Crippen molar-refractivity contribution in [3.8, 4) is 0 Å². The molecule has 1 aromatic carbocycles. The average molecular weight is 387 g/mol. The topological polar surface area (TPSA) is 89.0 Å². The fraction of sp³-hybridized carbons (Fsp3) is 0.400. The molecule has 2 heterocycles. The van der Waals surface area contributed by atoms with Crippen LogP contribution in [0, 0.1) is 5.82 Å². The molecule has 1 aliphatic rings. The fourth-order valence-electron chi connectivity index (χ4n) is 2.48. The summed E-state index contributed by atoms with van der Waals surface area (Å²) < 4.78 is 20.6. The number of carbonyl (C=O) groups excluding carboxylic acids is 1. The summed E-state index contributed by atoms with van der Waals surface area (Å²) in [6.07, 6.45) is 1.83. The maximum atomic E-state index is 13.6. The standard InChI is InChI=1S/C15H16ClFN4O3S/c16-9-3-4-11(17)12(6-9)18-13(22)8-25-15-20-19-14(23)21(15)7-10-2-1-5-24-10/h3-4,6,10H,1-2,5,7-8H2,(H,18,22)(H,19,23)/t10-/m1/s1. The highest BCUT2D eigenvalue weighted by Crippen LogP contribution is 2.21. The van der Waals surface area contributed by atoms with E-state index in [1.165, 1.54) is 22.8 Å². The summed E-state index contributed by atoms with van der Waals surface area (Å²) in [5.74, 6) is -1.02. The van der Waals surface area contributed by atoms with Gasteiger partial charge in [-0.25, -0.2) is 14.3 Å². The van der Waals surface area contributed by atoms with E-state index in [0.717, 1.165) is 24.6 Å². The van der Waals surface area contributed by atoms with Crippen molar-refractivity contribution in [2.24, 2.45) is 0 Å². The van der Waals surface area contributed by atoms with Crippen LogP contribution < -0.4 is 11.0 Å². The Bertz CT molecular complexity index is 819. The molecule has 10 heteroatoms. The molecule has 0 aliphatic carbocycles. The van der Waals surface area contributed by atoms with Crippen molar-refractivity contribution in [3.05, 3.63) is 39.5 Å². The van der Waals surface area contributed by atoms with Crippen LogP contribution in [0.4, 0.5) is 10.1 Å². The molecule has 1 amide bonds. The van der Waals surface area contributed by atoms with Crippen molar-refractivity contribution >= 4 is 35.0 Å². The van der Waals surface area contributed by atoms with Gasteiger partial charge in [0.1, 0.15) is 5.82 Å². The number of thioether (sulfide) groups is 1. The molecular weight excluding hydrogens is 371 g/mol. The largest absolute Gasteiger partial charge is 0.376 e.